The highest BCUT2D eigenvalue weighted by Gasteiger charge is 2.31. The Bertz CT molecular complexity index is 914. The molecule has 2 heterocycles. The average Bonchev–Trinajstić information content (AvgIpc) is 2.69. The number of rotatable bonds is 3. The van der Waals surface area contributed by atoms with E-state index in [1.807, 2.05) is 29.2 Å². The smallest absolute Gasteiger partial charge is 0.238 e. The van der Waals surface area contributed by atoms with Gasteiger partial charge in [0.05, 0.1) is 10.9 Å². The van der Waals surface area contributed by atoms with Crippen LogP contribution in [0.2, 0.25) is 5.02 Å². The van der Waals surface area contributed by atoms with Gasteiger partial charge in [-0.2, -0.15) is 0 Å². The SMILES string of the molecule is O=C1Nc2cc(Cl)ccc2SC1CC(=O)N1CC=C(c2ccccc2)CC1. The molecule has 0 radical (unpaired) electrons. The van der Waals surface area contributed by atoms with Crippen molar-refractivity contribution in [2.45, 2.75) is 23.0 Å². The number of nitrogens with one attached hydrogen (secondary N) is 1. The molecule has 2 aromatic carbocycles. The highest BCUT2D eigenvalue weighted by atomic mass is 35.5. The third-order valence-corrected chi connectivity index (χ3v) is 6.34. The number of carbonyl (C=O) groups excluding carboxylic acids is 2. The summed E-state index contributed by atoms with van der Waals surface area (Å²) >= 11 is 7.41. The van der Waals surface area contributed by atoms with Gasteiger partial charge >= 0.3 is 0 Å². The summed E-state index contributed by atoms with van der Waals surface area (Å²) in [4.78, 5) is 27.8. The van der Waals surface area contributed by atoms with Crippen LogP contribution in [0.3, 0.4) is 0 Å². The molecule has 0 fully saturated rings. The summed E-state index contributed by atoms with van der Waals surface area (Å²) in [6.07, 6.45) is 3.15. The molecule has 2 aromatic rings. The topological polar surface area (TPSA) is 49.4 Å². The standard InChI is InChI=1S/C21H19ClN2O2S/c22-16-6-7-18-17(12-16)23-21(26)19(27-18)13-20(25)24-10-8-15(9-11-24)14-4-2-1-3-5-14/h1-8,12,19H,9-11,13H2,(H,23,26). The lowest BCUT2D eigenvalue weighted by atomic mass is 9.99. The molecular weight excluding hydrogens is 380 g/mol. The number of fused-ring (bicyclic) bond motifs is 1. The Morgan fingerprint density at radius 1 is 1.22 bits per heavy atom. The minimum absolute atomic E-state index is 0.0171. The predicted molar refractivity (Wildman–Crippen MR) is 110 cm³/mol. The maximum Gasteiger partial charge on any atom is 0.238 e. The van der Waals surface area contributed by atoms with Crippen molar-refractivity contribution in [2.75, 3.05) is 18.4 Å². The van der Waals surface area contributed by atoms with Crippen molar-refractivity contribution in [3.8, 4) is 0 Å². The normalized spacial score (nSPS) is 19.1. The molecule has 138 valence electrons. The molecule has 4 rings (SSSR count). The molecule has 2 aliphatic rings. The number of amides is 2. The zero-order valence-corrected chi connectivity index (χ0v) is 16.2. The van der Waals surface area contributed by atoms with Crippen LogP contribution in [0.15, 0.2) is 59.5 Å². The molecule has 6 heteroatoms. The monoisotopic (exact) mass is 398 g/mol. The van der Waals surface area contributed by atoms with E-state index in [9.17, 15) is 9.59 Å². The molecule has 0 spiro atoms. The second kappa shape index (κ2) is 7.79. The van der Waals surface area contributed by atoms with Crippen molar-refractivity contribution in [3.63, 3.8) is 0 Å². The van der Waals surface area contributed by atoms with Crippen molar-refractivity contribution in [1.82, 2.24) is 4.90 Å². The molecule has 1 atom stereocenters. The first-order chi connectivity index (χ1) is 13.1. The maximum atomic E-state index is 12.7. The van der Waals surface area contributed by atoms with Crippen molar-refractivity contribution in [3.05, 3.63) is 65.2 Å². The first-order valence-electron chi connectivity index (χ1n) is 8.89. The number of hydrogen-bond acceptors (Lipinski definition) is 3. The predicted octanol–water partition coefficient (Wildman–Crippen LogP) is 4.46. The minimum atomic E-state index is -0.411. The van der Waals surface area contributed by atoms with E-state index in [1.54, 1.807) is 12.1 Å². The lowest BCUT2D eigenvalue weighted by Gasteiger charge is -2.29. The van der Waals surface area contributed by atoms with Crippen LogP contribution < -0.4 is 5.32 Å². The van der Waals surface area contributed by atoms with Crippen molar-refractivity contribution >= 4 is 46.4 Å². The van der Waals surface area contributed by atoms with Crippen molar-refractivity contribution in [1.29, 1.82) is 0 Å². The molecule has 1 unspecified atom stereocenters. The molecular formula is C21H19ClN2O2S. The fourth-order valence-corrected chi connectivity index (χ4v) is 4.61. The van der Waals surface area contributed by atoms with Crippen LogP contribution in [0.25, 0.3) is 5.57 Å². The number of carbonyl (C=O) groups is 2. The highest BCUT2D eigenvalue weighted by Crippen LogP contribution is 2.38. The summed E-state index contributed by atoms with van der Waals surface area (Å²) in [5.41, 5.74) is 3.20. The third kappa shape index (κ3) is 4.04. The van der Waals surface area contributed by atoms with Gasteiger partial charge in [-0.3, -0.25) is 9.59 Å². The van der Waals surface area contributed by atoms with Crippen molar-refractivity contribution < 1.29 is 9.59 Å². The molecule has 0 aliphatic carbocycles. The van der Waals surface area contributed by atoms with E-state index in [2.05, 4.69) is 23.5 Å². The molecule has 27 heavy (non-hydrogen) atoms. The fraction of sp³-hybridized carbons (Fsp3) is 0.238. The number of halogens is 1. The third-order valence-electron chi connectivity index (χ3n) is 4.83. The van der Waals surface area contributed by atoms with Crippen LogP contribution >= 0.6 is 23.4 Å². The molecule has 4 nitrogen and oxygen atoms in total. The molecule has 2 amide bonds. The van der Waals surface area contributed by atoms with E-state index < -0.39 is 5.25 Å². The van der Waals surface area contributed by atoms with Crippen LogP contribution in [0, 0.1) is 0 Å². The van der Waals surface area contributed by atoms with E-state index in [0.29, 0.717) is 18.1 Å². The Morgan fingerprint density at radius 2 is 2.04 bits per heavy atom. The highest BCUT2D eigenvalue weighted by molar-refractivity contribution is 8.01. The average molecular weight is 399 g/mol. The summed E-state index contributed by atoms with van der Waals surface area (Å²) < 4.78 is 0. The summed E-state index contributed by atoms with van der Waals surface area (Å²) in [5.74, 6) is -0.121. The van der Waals surface area contributed by atoms with E-state index >= 15 is 0 Å². The van der Waals surface area contributed by atoms with Crippen LogP contribution in [-0.4, -0.2) is 35.1 Å². The zero-order chi connectivity index (χ0) is 18.8. The number of thioether (sulfide) groups is 1. The van der Waals surface area contributed by atoms with Gasteiger partial charge in [0.25, 0.3) is 0 Å². The zero-order valence-electron chi connectivity index (χ0n) is 14.7. The Kier molecular flexibility index (Phi) is 5.23. The Morgan fingerprint density at radius 3 is 2.78 bits per heavy atom. The molecule has 0 aromatic heterocycles. The number of benzene rings is 2. The van der Waals surface area contributed by atoms with Gasteiger partial charge in [0.1, 0.15) is 0 Å². The minimum Gasteiger partial charge on any atom is -0.339 e. The second-order valence-corrected chi connectivity index (χ2v) is 8.31. The summed E-state index contributed by atoms with van der Waals surface area (Å²) in [6.45, 7) is 1.28. The van der Waals surface area contributed by atoms with Gasteiger partial charge in [0.2, 0.25) is 11.8 Å². The lowest BCUT2D eigenvalue weighted by Crippen LogP contribution is -2.39. The number of anilines is 1. The molecule has 1 N–H and O–H groups in total. The largest absolute Gasteiger partial charge is 0.339 e. The van der Waals surface area contributed by atoms with Crippen LogP contribution in [-0.2, 0) is 9.59 Å². The van der Waals surface area contributed by atoms with Gasteiger partial charge in [0.15, 0.2) is 0 Å². The van der Waals surface area contributed by atoms with Crippen LogP contribution in [0.5, 0.6) is 0 Å². The van der Waals surface area contributed by atoms with Gasteiger partial charge in [-0.25, -0.2) is 0 Å². The Labute approximate surface area is 167 Å². The molecule has 0 saturated heterocycles. The van der Waals surface area contributed by atoms with E-state index in [1.165, 1.54) is 22.9 Å². The van der Waals surface area contributed by atoms with E-state index in [-0.39, 0.29) is 18.2 Å². The van der Waals surface area contributed by atoms with Crippen molar-refractivity contribution in [2.24, 2.45) is 0 Å². The molecule has 0 saturated carbocycles. The lowest BCUT2D eigenvalue weighted by molar-refractivity contribution is -0.132. The van der Waals surface area contributed by atoms with Gasteiger partial charge < -0.3 is 10.2 Å². The Balaban J connectivity index is 1.39. The number of hydrogen-bond donors (Lipinski definition) is 1. The summed E-state index contributed by atoms with van der Waals surface area (Å²) in [7, 11) is 0. The molecule has 2 aliphatic heterocycles. The second-order valence-electron chi connectivity index (χ2n) is 6.63. The van der Waals surface area contributed by atoms with Gasteiger partial charge in [-0.1, -0.05) is 48.0 Å². The molecule has 0 bridgehead atoms. The van der Waals surface area contributed by atoms with Gasteiger partial charge in [0, 0.05) is 29.4 Å². The van der Waals surface area contributed by atoms with E-state index in [0.717, 1.165) is 17.0 Å². The van der Waals surface area contributed by atoms with Gasteiger partial charge in [-0.05, 0) is 35.8 Å². The first-order valence-corrected chi connectivity index (χ1v) is 10.2. The summed E-state index contributed by atoms with van der Waals surface area (Å²) in [5, 5.41) is 3.03. The maximum absolute atomic E-state index is 12.7. The fourth-order valence-electron chi connectivity index (χ4n) is 3.35. The Hall–Kier alpha value is -2.24. The van der Waals surface area contributed by atoms with E-state index in [4.69, 9.17) is 11.6 Å². The van der Waals surface area contributed by atoms with Gasteiger partial charge in [-0.15, -0.1) is 11.8 Å². The van der Waals surface area contributed by atoms with Crippen LogP contribution in [0.4, 0.5) is 5.69 Å². The number of nitrogens with zero attached hydrogens (tertiary/aromatic N) is 1. The quantitative estimate of drug-likeness (QED) is 0.830. The van der Waals surface area contributed by atoms with Crippen LogP contribution in [0.1, 0.15) is 18.4 Å². The first kappa shape index (κ1) is 18.1. The summed E-state index contributed by atoms with van der Waals surface area (Å²) in [6, 6.07) is 15.7.